The highest BCUT2D eigenvalue weighted by Gasteiger charge is 2.47. The molecule has 0 N–H and O–H groups in total. The first-order valence-electron chi connectivity index (χ1n) is 22.0. The summed E-state index contributed by atoms with van der Waals surface area (Å²) in [6.07, 6.45) is -52.8. The number of aromatic nitrogens is 1. The smallest absolute Gasteiger partial charge is 0.287 e. The molecule has 0 saturated carbocycles. The van der Waals surface area contributed by atoms with Crippen LogP contribution in [0.25, 0.3) is 11.3 Å². The van der Waals surface area contributed by atoms with E-state index in [1.165, 1.54) is 5.56 Å². The van der Waals surface area contributed by atoms with Crippen molar-refractivity contribution in [2.75, 3.05) is 0 Å². The van der Waals surface area contributed by atoms with E-state index in [4.69, 9.17) is 0 Å². The van der Waals surface area contributed by atoms with Crippen molar-refractivity contribution >= 4 is 33.8 Å². The van der Waals surface area contributed by atoms with Crippen LogP contribution < -0.4 is 26.4 Å². The Hall–Kier alpha value is -7.48. The van der Waals surface area contributed by atoms with Gasteiger partial charge in [0.15, 0.2) is 6.20 Å². The van der Waals surface area contributed by atoms with Crippen LogP contribution in [0.2, 0.25) is 0 Å². The van der Waals surface area contributed by atoms with E-state index in [1.807, 2.05) is 65.4 Å². The number of ketones is 1. The molecule has 0 saturated heterocycles. The van der Waals surface area contributed by atoms with Crippen LogP contribution in [0, 0.1) is 6.92 Å². The molecular weight excluding hydrogens is 1120 g/mol. The summed E-state index contributed by atoms with van der Waals surface area (Å²) < 4.78 is 343. The number of hydrogen-bond acceptors (Lipinski definition) is 1. The minimum absolute atomic E-state index is 0.117. The van der Waals surface area contributed by atoms with Crippen molar-refractivity contribution in [1.82, 2.24) is 0 Å². The predicted octanol–water partition coefficient (Wildman–Crippen LogP) is 15.0. The number of pyridine rings is 1. The van der Waals surface area contributed by atoms with Gasteiger partial charge in [0, 0.05) is 23.3 Å². The third kappa shape index (κ3) is 13.9. The van der Waals surface area contributed by atoms with Gasteiger partial charge in [0.05, 0.1) is 44.5 Å². The molecular formula is C52H30BF24NO. The molecule has 0 atom stereocenters. The molecule has 0 spiro atoms. The van der Waals surface area contributed by atoms with Crippen molar-refractivity contribution in [3.63, 3.8) is 0 Å². The Morgan fingerprint density at radius 3 is 0.899 bits per heavy atom. The van der Waals surface area contributed by atoms with Crippen molar-refractivity contribution in [3.05, 3.63) is 207 Å². The lowest BCUT2D eigenvalue weighted by atomic mass is 9.12. The number of carbonyl (C=O) groups excluding carboxylic acids is 1. The Bertz CT molecular complexity index is 2910. The number of hydrogen-bond donors (Lipinski definition) is 0. The average Bonchev–Trinajstić information content (AvgIpc) is 3.37. The maximum atomic E-state index is 14.2. The Kier molecular flexibility index (Phi) is 16.4. The highest BCUT2D eigenvalue weighted by molar-refractivity contribution is 7.20. The molecule has 7 aromatic rings. The van der Waals surface area contributed by atoms with Crippen LogP contribution in [0.3, 0.4) is 0 Å². The number of nitrogens with zero attached hydrogens (tertiary/aromatic N) is 1. The standard InChI is InChI=1S/C32H12BF24.C20H18NO/c34-25(35,36)13-1-14(26(37,38)39)6-21(5-13)33(22-7-15(27(40,41)42)2-16(8-22)28(43,44)45,23-9-17(29(46,47)48)3-18(10-23)30(49,50)51)24-11-19(31(52,53)54)4-20(12-24)32(55,56)57;1-16-9-5-6-12-18(16)19-13-7-8-14-21(19)15-20(22)17-10-3-2-4-11-17/h1-12H;2-14H,15H2,1H3/q-1;+1. The third-order valence-electron chi connectivity index (χ3n) is 12.2. The van der Waals surface area contributed by atoms with E-state index in [0.29, 0.717) is 6.54 Å². The molecule has 6 aromatic carbocycles. The fraction of sp³-hybridized carbons (Fsp3) is 0.192. The summed E-state index contributed by atoms with van der Waals surface area (Å²) in [6, 6.07) is 14.9. The minimum atomic E-state index is -6.13. The number of carbonyl (C=O) groups is 1. The van der Waals surface area contributed by atoms with Gasteiger partial charge in [0.2, 0.25) is 18.0 Å². The fourth-order valence-corrected chi connectivity index (χ4v) is 8.66. The number of aryl methyl sites for hydroxylation is 1. The first kappa shape index (κ1) is 60.7. The van der Waals surface area contributed by atoms with Crippen LogP contribution in [-0.4, -0.2) is 11.9 Å². The van der Waals surface area contributed by atoms with E-state index >= 15 is 0 Å². The zero-order valence-electron chi connectivity index (χ0n) is 39.1. The van der Waals surface area contributed by atoms with E-state index in [9.17, 15) is 110 Å². The lowest BCUT2D eigenvalue weighted by Crippen LogP contribution is -2.75. The second-order valence-electron chi connectivity index (χ2n) is 17.5. The van der Waals surface area contributed by atoms with Gasteiger partial charge in [-0.2, -0.15) is 132 Å². The molecule has 0 radical (unpaired) electrons. The average molecular weight is 1150 g/mol. The monoisotopic (exact) mass is 1150 g/mol. The van der Waals surface area contributed by atoms with Gasteiger partial charge in [-0.15, -0.1) is 0 Å². The maximum absolute atomic E-state index is 14.2. The molecule has 420 valence electrons. The van der Waals surface area contributed by atoms with E-state index in [2.05, 4.69) is 25.1 Å². The highest BCUT2D eigenvalue weighted by atomic mass is 19.4. The summed E-state index contributed by atoms with van der Waals surface area (Å²) in [4.78, 5) is 12.5. The Morgan fingerprint density at radius 2 is 0.620 bits per heavy atom. The second-order valence-corrected chi connectivity index (χ2v) is 17.5. The van der Waals surface area contributed by atoms with E-state index in [0.717, 1.165) is 16.8 Å². The molecule has 1 aromatic heterocycles. The highest BCUT2D eigenvalue weighted by Crippen LogP contribution is 2.41. The molecule has 7 rings (SSSR count). The summed E-state index contributed by atoms with van der Waals surface area (Å²) in [5.74, 6) is 0.117. The molecule has 0 aliphatic carbocycles. The van der Waals surface area contributed by atoms with Crippen LogP contribution in [0.1, 0.15) is 60.4 Å². The quantitative estimate of drug-likeness (QED) is 0.0643. The molecule has 0 amide bonds. The maximum Gasteiger partial charge on any atom is 0.416 e. The zero-order valence-corrected chi connectivity index (χ0v) is 39.1. The van der Waals surface area contributed by atoms with Gasteiger partial charge in [0.1, 0.15) is 6.15 Å². The van der Waals surface area contributed by atoms with Crippen LogP contribution in [0.4, 0.5) is 105 Å². The van der Waals surface area contributed by atoms with Crippen LogP contribution in [-0.2, 0) is 56.0 Å². The molecule has 0 aliphatic heterocycles. The summed E-state index contributed by atoms with van der Waals surface area (Å²) >= 11 is 0. The molecule has 0 unspecified atom stereocenters. The van der Waals surface area contributed by atoms with Crippen molar-refractivity contribution < 1.29 is 115 Å². The minimum Gasteiger partial charge on any atom is -0.287 e. The van der Waals surface area contributed by atoms with Gasteiger partial charge in [0.25, 0.3) is 0 Å². The summed E-state index contributed by atoms with van der Waals surface area (Å²) in [5.41, 5.74) is -26.0. The normalized spacial score (nSPS) is 13.2. The number of rotatable bonds is 8. The van der Waals surface area contributed by atoms with Crippen molar-refractivity contribution in [1.29, 1.82) is 0 Å². The Balaban J connectivity index is 0.000000378. The van der Waals surface area contributed by atoms with Crippen molar-refractivity contribution in [3.8, 4) is 11.3 Å². The summed E-state index contributed by atoms with van der Waals surface area (Å²) in [5, 5.41) is 0. The van der Waals surface area contributed by atoms with Crippen molar-refractivity contribution in [2.24, 2.45) is 0 Å². The topological polar surface area (TPSA) is 20.9 Å². The lowest BCUT2D eigenvalue weighted by Gasteiger charge is -2.46. The number of benzene rings is 6. The largest absolute Gasteiger partial charge is 0.416 e. The number of halogens is 24. The van der Waals surface area contributed by atoms with Crippen LogP contribution in [0.15, 0.2) is 152 Å². The van der Waals surface area contributed by atoms with E-state index < -0.39 is 195 Å². The Labute approximate surface area is 429 Å². The molecule has 0 aliphatic rings. The first-order valence-corrected chi connectivity index (χ1v) is 22.0. The number of Topliss-reactive ketones (excluding diaryl/α,β-unsaturated/α-hetero) is 1. The SMILES string of the molecule is Cc1ccccc1-c1cccc[n+]1CC(=O)c1ccccc1.FC(F)(F)c1cc([B-](c2cc(C(F)(F)F)cc(C(F)(F)F)c2)(c2cc(C(F)(F)F)cc(C(F)(F)F)c2)c2cc(C(F)(F)F)cc(C(F)(F)F)c2)cc(C(F)(F)F)c1. The molecule has 27 heteroatoms. The zero-order chi connectivity index (χ0) is 59.3. The van der Waals surface area contributed by atoms with Gasteiger partial charge in [-0.25, -0.2) is 0 Å². The molecule has 1 heterocycles. The predicted molar refractivity (Wildman–Crippen MR) is 238 cm³/mol. The second kappa shape index (κ2) is 21.3. The molecule has 79 heavy (non-hydrogen) atoms. The molecule has 0 bridgehead atoms. The van der Waals surface area contributed by atoms with Gasteiger partial charge in [-0.3, -0.25) is 4.79 Å². The van der Waals surface area contributed by atoms with E-state index in [1.54, 1.807) is 0 Å². The van der Waals surface area contributed by atoms with Gasteiger partial charge < -0.3 is 0 Å². The fourth-order valence-electron chi connectivity index (χ4n) is 8.66. The van der Waals surface area contributed by atoms with Gasteiger partial charge in [-0.05, 0) is 48.9 Å². The van der Waals surface area contributed by atoms with Crippen LogP contribution >= 0.6 is 0 Å². The Morgan fingerprint density at radius 1 is 0.354 bits per heavy atom. The van der Waals surface area contributed by atoms with Gasteiger partial charge >= 0.3 is 49.4 Å². The van der Waals surface area contributed by atoms with Crippen LogP contribution in [0.5, 0.6) is 0 Å². The lowest BCUT2D eigenvalue weighted by molar-refractivity contribution is -0.672. The van der Waals surface area contributed by atoms with Crippen molar-refractivity contribution in [2.45, 2.75) is 62.9 Å². The number of alkyl halides is 24. The van der Waals surface area contributed by atoms with E-state index in [-0.39, 0.29) is 5.78 Å². The summed E-state index contributed by atoms with van der Waals surface area (Å²) in [6.45, 7) is 2.43. The summed E-state index contributed by atoms with van der Waals surface area (Å²) in [7, 11) is 0. The first-order chi connectivity index (χ1) is 36.0. The molecule has 2 nitrogen and oxygen atoms in total. The third-order valence-corrected chi connectivity index (χ3v) is 12.2. The van der Waals surface area contributed by atoms with Gasteiger partial charge in [-0.1, -0.05) is 97.1 Å². The molecule has 0 fully saturated rings.